The Morgan fingerprint density at radius 3 is 2.79 bits per heavy atom. The van der Waals surface area contributed by atoms with Crippen LogP contribution in [0.3, 0.4) is 0 Å². The summed E-state index contributed by atoms with van der Waals surface area (Å²) in [5, 5.41) is 8.59. The van der Waals surface area contributed by atoms with Crippen molar-refractivity contribution in [1.82, 2.24) is 0 Å². The van der Waals surface area contributed by atoms with E-state index < -0.39 is 11.8 Å². The molecule has 1 aromatic rings. The molecular formula is C9H5BrClFO2. The maximum absolute atomic E-state index is 13.1. The monoisotopic (exact) mass is 278 g/mol. The molecule has 0 aliphatic carbocycles. The first-order valence-electron chi connectivity index (χ1n) is 3.56. The summed E-state index contributed by atoms with van der Waals surface area (Å²) in [6, 6.07) is 2.53. The van der Waals surface area contributed by atoms with E-state index in [0.717, 1.165) is 12.1 Å². The molecule has 0 aliphatic rings. The van der Waals surface area contributed by atoms with Gasteiger partial charge in [0.15, 0.2) is 0 Å². The lowest BCUT2D eigenvalue weighted by molar-refractivity contribution is -0.131. The molecule has 0 unspecified atom stereocenters. The minimum Gasteiger partial charge on any atom is -0.478 e. The van der Waals surface area contributed by atoms with Crippen LogP contribution in [0, 0.1) is 5.82 Å². The number of hydrogen-bond acceptors (Lipinski definition) is 1. The van der Waals surface area contributed by atoms with Gasteiger partial charge in [0.1, 0.15) is 5.82 Å². The molecule has 0 fully saturated rings. The van der Waals surface area contributed by atoms with Gasteiger partial charge in [-0.25, -0.2) is 9.18 Å². The summed E-state index contributed by atoms with van der Waals surface area (Å²) in [7, 11) is 0. The average Bonchev–Trinajstić information content (AvgIpc) is 2.09. The van der Waals surface area contributed by atoms with Crippen LogP contribution in [0.25, 0.3) is 6.08 Å². The van der Waals surface area contributed by atoms with Gasteiger partial charge in [0.2, 0.25) is 0 Å². The van der Waals surface area contributed by atoms with Crippen molar-refractivity contribution in [2.45, 2.75) is 0 Å². The van der Waals surface area contributed by atoms with Gasteiger partial charge in [0.25, 0.3) is 0 Å². The number of halogens is 3. The topological polar surface area (TPSA) is 37.3 Å². The average molecular weight is 279 g/mol. The SMILES string of the molecule is O=C(O)/C=C/c1cc(Br)c(Cl)cc1F. The second-order valence-corrected chi connectivity index (χ2v) is 3.72. The summed E-state index contributed by atoms with van der Waals surface area (Å²) in [5.74, 6) is -1.69. The van der Waals surface area contributed by atoms with Crippen LogP contribution in [0.4, 0.5) is 4.39 Å². The molecule has 0 aliphatic heterocycles. The molecule has 0 spiro atoms. The van der Waals surface area contributed by atoms with Gasteiger partial charge in [-0.2, -0.15) is 0 Å². The zero-order chi connectivity index (χ0) is 10.7. The van der Waals surface area contributed by atoms with Crippen molar-refractivity contribution >= 4 is 39.6 Å². The highest BCUT2D eigenvalue weighted by Gasteiger charge is 2.04. The van der Waals surface area contributed by atoms with Crippen molar-refractivity contribution in [2.75, 3.05) is 0 Å². The Bertz CT molecular complexity index is 404. The van der Waals surface area contributed by atoms with Crippen molar-refractivity contribution in [1.29, 1.82) is 0 Å². The van der Waals surface area contributed by atoms with Gasteiger partial charge in [-0.1, -0.05) is 11.6 Å². The first kappa shape index (κ1) is 11.2. The Morgan fingerprint density at radius 1 is 1.57 bits per heavy atom. The number of hydrogen-bond donors (Lipinski definition) is 1. The third kappa shape index (κ3) is 2.82. The molecule has 0 atom stereocenters. The number of carbonyl (C=O) groups is 1. The van der Waals surface area contributed by atoms with E-state index in [-0.39, 0.29) is 10.6 Å². The van der Waals surface area contributed by atoms with Gasteiger partial charge in [0, 0.05) is 16.1 Å². The first-order valence-corrected chi connectivity index (χ1v) is 4.73. The molecule has 0 aromatic heterocycles. The molecule has 0 bridgehead atoms. The molecular weight excluding hydrogens is 274 g/mol. The van der Waals surface area contributed by atoms with Crippen LogP contribution in [0.1, 0.15) is 5.56 Å². The molecule has 14 heavy (non-hydrogen) atoms. The van der Waals surface area contributed by atoms with E-state index in [4.69, 9.17) is 16.7 Å². The summed E-state index contributed by atoms with van der Waals surface area (Å²) < 4.78 is 13.7. The van der Waals surface area contributed by atoms with Crippen LogP contribution in [0.2, 0.25) is 5.02 Å². The molecule has 0 heterocycles. The minimum absolute atomic E-state index is 0.170. The number of carboxylic acids is 1. The van der Waals surface area contributed by atoms with Crippen molar-refractivity contribution in [3.05, 3.63) is 39.1 Å². The number of aliphatic carboxylic acids is 1. The highest BCUT2D eigenvalue weighted by Crippen LogP contribution is 2.26. The normalized spacial score (nSPS) is 10.8. The number of rotatable bonds is 2. The molecule has 1 rings (SSSR count). The van der Waals surface area contributed by atoms with Crippen molar-refractivity contribution in [2.24, 2.45) is 0 Å². The smallest absolute Gasteiger partial charge is 0.328 e. The third-order valence-electron chi connectivity index (χ3n) is 1.45. The zero-order valence-corrected chi connectivity index (χ0v) is 9.14. The van der Waals surface area contributed by atoms with Crippen molar-refractivity contribution in [3.8, 4) is 0 Å². The molecule has 1 aromatic carbocycles. The predicted octanol–water partition coefficient (Wildman–Crippen LogP) is 3.34. The van der Waals surface area contributed by atoms with Gasteiger partial charge in [0.05, 0.1) is 5.02 Å². The lowest BCUT2D eigenvalue weighted by Gasteiger charge is -1.99. The van der Waals surface area contributed by atoms with E-state index >= 15 is 0 Å². The van der Waals surface area contributed by atoms with Crippen LogP contribution in [0.15, 0.2) is 22.7 Å². The molecule has 0 amide bonds. The molecule has 0 saturated carbocycles. The molecule has 1 N–H and O–H groups in total. The number of carboxylic acid groups (broad SMARTS) is 1. The van der Waals surface area contributed by atoms with E-state index in [1.165, 1.54) is 12.1 Å². The summed E-state index contributed by atoms with van der Waals surface area (Å²) in [5.41, 5.74) is 0.170. The summed E-state index contributed by atoms with van der Waals surface area (Å²) >= 11 is 8.73. The molecule has 2 nitrogen and oxygen atoms in total. The fourth-order valence-electron chi connectivity index (χ4n) is 0.827. The second-order valence-electron chi connectivity index (χ2n) is 2.46. The fraction of sp³-hybridized carbons (Fsp3) is 0. The quantitative estimate of drug-likeness (QED) is 0.666. The summed E-state index contributed by atoms with van der Waals surface area (Å²) in [6.07, 6.45) is 2.03. The molecule has 5 heteroatoms. The Morgan fingerprint density at radius 2 is 2.21 bits per heavy atom. The Balaban J connectivity index is 3.10. The largest absolute Gasteiger partial charge is 0.478 e. The molecule has 0 radical (unpaired) electrons. The Kier molecular flexibility index (Phi) is 3.66. The van der Waals surface area contributed by atoms with Crippen LogP contribution >= 0.6 is 27.5 Å². The van der Waals surface area contributed by atoms with Crippen LogP contribution < -0.4 is 0 Å². The third-order valence-corrected chi connectivity index (χ3v) is 2.64. The van der Waals surface area contributed by atoms with Crippen LogP contribution in [0.5, 0.6) is 0 Å². The van der Waals surface area contributed by atoms with Gasteiger partial charge in [-0.3, -0.25) is 0 Å². The molecule has 74 valence electrons. The zero-order valence-electron chi connectivity index (χ0n) is 6.80. The Labute approximate surface area is 93.1 Å². The number of benzene rings is 1. The van der Waals surface area contributed by atoms with E-state index in [0.29, 0.717) is 4.47 Å². The fourth-order valence-corrected chi connectivity index (χ4v) is 1.34. The lowest BCUT2D eigenvalue weighted by Crippen LogP contribution is -1.88. The van der Waals surface area contributed by atoms with Crippen molar-refractivity contribution < 1.29 is 14.3 Å². The predicted molar refractivity (Wildman–Crippen MR) is 55.8 cm³/mol. The van der Waals surface area contributed by atoms with E-state index in [1.807, 2.05) is 0 Å². The van der Waals surface area contributed by atoms with Crippen molar-refractivity contribution in [3.63, 3.8) is 0 Å². The Hall–Kier alpha value is -0.870. The van der Waals surface area contributed by atoms with E-state index in [2.05, 4.69) is 15.9 Å². The lowest BCUT2D eigenvalue weighted by atomic mass is 10.2. The van der Waals surface area contributed by atoms with Crippen LogP contribution in [-0.2, 0) is 4.79 Å². The van der Waals surface area contributed by atoms with Gasteiger partial charge < -0.3 is 5.11 Å². The summed E-state index contributed by atoms with van der Waals surface area (Å²) in [4.78, 5) is 10.2. The maximum atomic E-state index is 13.1. The van der Waals surface area contributed by atoms with E-state index in [1.54, 1.807) is 0 Å². The van der Waals surface area contributed by atoms with E-state index in [9.17, 15) is 9.18 Å². The molecule has 0 saturated heterocycles. The highest BCUT2D eigenvalue weighted by atomic mass is 79.9. The van der Waals surface area contributed by atoms with Crippen LogP contribution in [-0.4, -0.2) is 11.1 Å². The van der Waals surface area contributed by atoms with Gasteiger partial charge in [-0.15, -0.1) is 0 Å². The second kappa shape index (κ2) is 4.57. The standard InChI is InChI=1S/C9H5BrClFO2/c10-6-3-5(1-2-9(13)14)8(12)4-7(6)11/h1-4H,(H,13,14)/b2-1+. The highest BCUT2D eigenvalue weighted by molar-refractivity contribution is 9.10. The first-order chi connectivity index (χ1) is 6.50. The van der Waals surface area contributed by atoms with Gasteiger partial charge in [-0.05, 0) is 34.1 Å². The maximum Gasteiger partial charge on any atom is 0.328 e. The minimum atomic E-state index is -1.13. The summed E-state index contributed by atoms with van der Waals surface area (Å²) in [6.45, 7) is 0. The van der Waals surface area contributed by atoms with Gasteiger partial charge >= 0.3 is 5.97 Å².